The summed E-state index contributed by atoms with van der Waals surface area (Å²) in [7, 11) is 1.20. The first-order chi connectivity index (χ1) is 8.41. The maximum atomic E-state index is 11.7. The van der Waals surface area contributed by atoms with Gasteiger partial charge in [-0.3, -0.25) is 9.53 Å². The Hall–Kier alpha value is -0.990. The molecule has 1 aliphatic carbocycles. The van der Waals surface area contributed by atoms with Crippen molar-refractivity contribution in [1.29, 1.82) is 0 Å². The van der Waals surface area contributed by atoms with Crippen LogP contribution >= 0.6 is 0 Å². The number of hydrogen-bond acceptors (Lipinski definition) is 7. The lowest BCUT2D eigenvalue weighted by Crippen LogP contribution is -2.58. The molecule has 2 heterocycles. The zero-order chi connectivity index (χ0) is 13.1. The Kier molecular flexibility index (Phi) is 2.36. The van der Waals surface area contributed by atoms with Crippen molar-refractivity contribution >= 4 is 5.97 Å². The molecule has 2 aliphatic heterocycles. The number of rotatable bonds is 1. The number of hydrogen-bond donors (Lipinski definition) is 3. The predicted octanol–water partition coefficient (Wildman–Crippen LogP) is -1.67. The summed E-state index contributed by atoms with van der Waals surface area (Å²) in [5.41, 5.74) is -1.38. The second-order valence-corrected chi connectivity index (χ2v) is 4.88. The van der Waals surface area contributed by atoms with Gasteiger partial charge in [-0.25, -0.2) is 0 Å². The molecule has 6 atom stereocenters. The van der Waals surface area contributed by atoms with Crippen molar-refractivity contribution in [3.05, 3.63) is 12.2 Å². The molecule has 0 saturated carbocycles. The van der Waals surface area contributed by atoms with Crippen LogP contribution in [-0.4, -0.2) is 52.9 Å². The third kappa shape index (κ3) is 1.33. The molecule has 2 fully saturated rings. The Morgan fingerprint density at radius 3 is 2.89 bits per heavy atom. The molecular formula is C11H14O7. The molecule has 2 saturated heterocycles. The van der Waals surface area contributed by atoms with Gasteiger partial charge >= 0.3 is 5.97 Å². The van der Waals surface area contributed by atoms with E-state index in [0.29, 0.717) is 0 Å². The lowest BCUT2D eigenvalue weighted by Gasteiger charge is -2.43. The van der Waals surface area contributed by atoms with Crippen LogP contribution in [-0.2, 0) is 19.0 Å². The van der Waals surface area contributed by atoms with E-state index in [1.54, 1.807) is 6.08 Å². The highest BCUT2D eigenvalue weighted by atomic mass is 16.9. The van der Waals surface area contributed by atoms with Gasteiger partial charge in [0.15, 0.2) is 6.29 Å². The summed E-state index contributed by atoms with van der Waals surface area (Å²) < 4.78 is 14.6. The topological polar surface area (TPSA) is 105 Å². The standard InChI is InChI=1S/C11H14O7/c1-16-8(12)6-5-2-3-10(14)4-17-11(15,7(5)10)18-9(6)13/h2-3,5-7,9,13-15H,4H2,1H3. The summed E-state index contributed by atoms with van der Waals surface area (Å²) in [6.07, 6.45) is 1.51. The average molecular weight is 258 g/mol. The largest absolute Gasteiger partial charge is 0.469 e. The normalized spacial score (nSPS) is 53.3. The van der Waals surface area contributed by atoms with E-state index < -0.39 is 41.6 Å². The van der Waals surface area contributed by atoms with Gasteiger partial charge in [-0.15, -0.1) is 0 Å². The van der Waals surface area contributed by atoms with Crippen LogP contribution in [0.1, 0.15) is 0 Å². The van der Waals surface area contributed by atoms with Gasteiger partial charge in [0.2, 0.25) is 0 Å². The van der Waals surface area contributed by atoms with E-state index >= 15 is 0 Å². The molecule has 0 aromatic heterocycles. The number of ether oxygens (including phenoxy) is 3. The lowest BCUT2D eigenvalue weighted by molar-refractivity contribution is -0.429. The number of allylic oxidation sites excluding steroid dienone is 1. The molecule has 100 valence electrons. The summed E-state index contributed by atoms with van der Waals surface area (Å²) in [6, 6.07) is 0. The van der Waals surface area contributed by atoms with E-state index in [9.17, 15) is 20.1 Å². The number of methoxy groups -OCH3 is 1. The molecule has 6 unspecified atom stereocenters. The Morgan fingerprint density at radius 2 is 2.22 bits per heavy atom. The van der Waals surface area contributed by atoms with E-state index in [2.05, 4.69) is 4.74 Å². The molecule has 0 spiro atoms. The van der Waals surface area contributed by atoms with Crippen LogP contribution in [0.3, 0.4) is 0 Å². The summed E-state index contributed by atoms with van der Waals surface area (Å²) in [4.78, 5) is 11.7. The van der Waals surface area contributed by atoms with E-state index in [1.165, 1.54) is 13.2 Å². The Labute approximate surface area is 103 Å². The molecule has 3 rings (SSSR count). The van der Waals surface area contributed by atoms with Crippen LogP contribution in [0.25, 0.3) is 0 Å². The predicted molar refractivity (Wildman–Crippen MR) is 54.6 cm³/mol. The van der Waals surface area contributed by atoms with Crippen LogP contribution in [0.15, 0.2) is 12.2 Å². The van der Waals surface area contributed by atoms with Gasteiger partial charge in [0.25, 0.3) is 5.97 Å². The number of carbonyl (C=O) groups is 1. The molecule has 0 amide bonds. The van der Waals surface area contributed by atoms with Gasteiger partial charge in [-0.1, -0.05) is 12.2 Å². The summed E-state index contributed by atoms with van der Waals surface area (Å²) in [5, 5.41) is 30.2. The fraction of sp³-hybridized carbons (Fsp3) is 0.727. The zero-order valence-electron chi connectivity index (χ0n) is 9.65. The van der Waals surface area contributed by atoms with Gasteiger partial charge in [-0.2, -0.15) is 0 Å². The van der Waals surface area contributed by atoms with Crippen molar-refractivity contribution in [1.82, 2.24) is 0 Å². The van der Waals surface area contributed by atoms with Crippen molar-refractivity contribution < 1.29 is 34.3 Å². The number of carbonyl (C=O) groups excluding carboxylic acids is 1. The fourth-order valence-corrected chi connectivity index (χ4v) is 3.11. The second kappa shape index (κ2) is 3.52. The van der Waals surface area contributed by atoms with Crippen molar-refractivity contribution in [2.24, 2.45) is 17.8 Å². The van der Waals surface area contributed by atoms with E-state index in [4.69, 9.17) is 9.47 Å². The molecule has 7 heteroatoms. The molecular weight excluding hydrogens is 244 g/mol. The van der Waals surface area contributed by atoms with Crippen molar-refractivity contribution in [2.75, 3.05) is 13.7 Å². The van der Waals surface area contributed by atoms with Gasteiger partial charge in [0.05, 0.1) is 19.6 Å². The minimum absolute atomic E-state index is 0.151. The molecule has 18 heavy (non-hydrogen) atoms. The highest BCUT2D eigenvalue weighted by Gasteiger charge is 2.69. The molecule has 3 aliphatic rings. The van der Waals surface area contributed by atoms with Crippen LogP contribution in [0.4, 0.5) is 0 Å². The third-order valence-corrected chi connectivity index (χ3v) is 3.92. The van der Waals surface area contributed by atoms with Crippen molar-refractivity contribution in [3.63, 3.8) is 0 Å². The second-order valence-electron chi connectivity index (χ2n) is 4.88. The first kappa shape index (κ1) is 12.1. The molecule has 0 aromatic carbocycles. The van der Waals surface area contributed by atoms with Crippen LogP contribution in [0, 0.1) is 17.8 Å². The number of esters is 1. The molecule has 3 N–H and O–H groups in total. The average Bonchev–Trinajstić information content (AvgIpc) is 2.78. The van der Waals surface area contributed by atoms with Gasteiger partial charge in [0, 0.05) is 5.92 Å². The summed E-state index contributed by atoms with van der Waals surface area (Å²) in [5.74, 6) is -5.17. The SMILES string of the molecule is COC(=O)C1C(O)OC2(O)OCC3(O)C=CC1C32. The maximum Gasteiger partial charge on any atom is 0.314 e. The smallest absolute Gasteiger partial charge is 0.314 e. The monoisotopic (exact) mass is 258 g/mol. The quantitative estimate of drug-likeness (QED) is 0.381. The first-order valence-corrected chi connectivity index (χ1v) is 5.63. The molecule has 0 radical (unpaired) electrons. The van der Waals surface area contributed by atoms with Crippen LogP contribution < -0.4 is 0 Å². The Balaban J connectivity index is 2.01. The van der Waals surface area contributed by atoms with Crippen molar-refractivity contribution in [3.8, 4) is 0 Å². The van der Waals surface area contributed by atoms with E-state index in [1.807, 2.05) is 0 Å². The fourth-order valence-electron chi connectivity index (χ4n) is 3.11. The van der Waals surface area contributed by atoms with E-state index in [0.717, 1.165) is 0 Å². The Bertz CT molecular complexity index is 422. The van der Waals surface area contributed by atoms with Crippen molar-refractivity contribution in [2.45, 2.75) is 17.9 Å². The minimum atomic E-state index is -2.08. The molecule has 7 nitrogen and oxygen atoms in total. The number of aliphatic hydroxyl groups is 3. The maximum absolute atomic E-state index is 11.7. The first-order valence-electron chi connectivity index (χ1n) is 5.63. The van der Waals surface area contributed by atoms with Gasteiger partial charge in [0.1, 0.15) is 11.5 Å². The molecule has 0 bridgehead atoms. The van der Waals surface area contributed by atoms with Crippen LogP contribution in [0.2, 0.25) is 0 Å². The lowest BCUT2D eigenvalue weighted by atomic mass is 9.75. The highest BCUT2D eigenvalue weighted by molar-refractivity contribution is 5.74. The van der Waals surface area contributed by atoms with Gasteiger partial charge in [-0.05, 0) is 0 Å². The number of aliphatic hydroxyl groups excluding tert-OH is 1. The van der Waals surface area contributed by atoms with E-state index in [-0.39, 0.29) is 6.61 Å². The Morgan fingerprint density at radius 1 is 1.50 bits per heavy atom. The van der Waals surface area contributed by atoms with Crippen LogP contribution in [0.5, 0.6) is 0 Å². The minimum Gasteiger partial charge on any atom is -0.469 e. The summed E-state index contributed by atoms with van der Waals surface area (Å²) >= 11 is 0. The summed E-state index contributed by atoms with van der Waals surface area (Å²) in [6.45, 7) is -0.151. The molecule has 0 aromatic rings. The zero-order valence-corrected chi connectivity index (χ0v) is 9.65. The highest BCUT2D eigenvalue weighted by Crippen LogP contribution is 2.54. The van der Waals surface area contributed by atoms with Gasteiger partial charge < -0.3 is 24.8 Å². The third-order valence-electron chi connectivity index (χ3n) is 3.92.